The predicted octanol–water partition coefficient (Wildman–Crippen LogP) is 3.65. The van der Waals surface area contributed by atoms with Crippen LogP contribution in [-0.2, 0) is 9.59 Å². The summed E-state index contributed by atoms with van der Waals surface area (Å²) in [5.74, 6) is -1.47. The molecule has 0 spiro atoms. The molecular formula is C18H12BrNO5. The van der Waals surface area contributed by atoms with Gasteiger partial charge < -0.3 is 4.74 Å². The molecular weight excluding hydrogens is 390 g/mol. The summed E-state index contributed by atoms with van der Waals surface area (Å²) in [5, 5.41) is 11.0. The largest absolute Gasteiger partial charge is 0.496 e. The molecule has 25 heavy (non-hydrogen) atoms. The van der Waals surface area contributed by atoms with Crippen LogP contribution in [0.4, 0.5) is 5.69 Å². The van der Waals surface area contributed by atoms with Crippen LogP contribution in [0, 0.1) is 10.1 Å². The van der Waals surface area contributed by atoms with E-state index in [1.54, 1.807) is 30.3 Å². The molecule has 0 bridgehead atoms. The smallest absolute Gasteiger partial charge is 0.269 e. The molecule has 1 unspecified atom stereocenters. The van der Waals surface area contributed by atoms with Gasteiger partial charge in [-0.25, -0.2) is 0 Å². The van der Waals surface area contributed by atoms with Gasteiger partial charge in [0.15, 0.2) is 11.6 Å². The van der Waals surface area contributed by atoms with Crippen LogP contribution in [0.15, 0.2) is 53.0 Å². The molecule has 6 nitrogen and oxygen atoms in total. The van der Waals surface area contributed by atoms with Crippen molar-refractivity contribution in [1.29, 1.82) is 0 Å². The Bertz CT molecular complexity index is 935. The zero-order valence-electron chi connectivity index (χ0n) is 13.1. The van der Waals surface area contributed by atoms with Crippen LogP contribution in [0.2, 0.25) is 0 Å². The molecule has 0 aromatic heterocycles. The van der Waals surface area contributed by atoms with Crippen LogP contribution in [0.25, 0.3) is 5.57 Å². The van der Waals surface area contributed by atoms with Crippen molar-refractivity contribution in [3.8, 4) is 5.75 Å². The molecule has 0 aliphatic heterocycles. The summed E-state index contributed by atoms with van der Waals surface area (Å²) in [5.41, 5.74) is 0.855. The van der Waals surface area contributed by atoms with E-state index in [0.717, 1.165) is 0 Å². The third kappa shape index (κ3) is 2.87. The van der Waals surface area contributed by atoms with E-state index in [2.05, 4.69) is 15.9 Å². The lowest BCUT2D eigenvalue weighted by Crippen LogP contribution is -2.15. The zero-order valence-corrected chi connectivity index (χ0v) is 14.6. The van der Waals surface area contributed by atoms with Crippen molar-refractivity contribution in [2.75, 3.05) is 7.11 Å². The van der Waals surface area contributed by atoms with Gasteiger partial charge in [-0.05, 0) is 27.6 Å². The molecule has 7 heteroatoms. The predicted molar refractivity (Wildman–Crippen MR) is 94.7 cm³/mol. The average Bonchev–Trinajstić information content (AvgIpc) is 2.84. The summed E-state index contributed by atoms with van der Waals surface area (Å²) in [6.45, 7) is 0. The van der Waals surface area contributed by atoms with E-state index < -0.39 is 22.4 Å². The first-order valence-corrected chi connectivity index (χ1v) is 8.11. The van der Waals surface area contributed by atoms with E-state index in [0.29, 0.717) is 16.9 Å². The molecule has 2 aromatic rings. The maximum absolute atomic E-state index is 12.9. The Morgan fingerprint density at radius 2 is 1.80 bits per heavy atom. The Morgan fingerprint density at radius 3 is 2.48 bits per heavy atom. The Balaban J connectivity index is 2.08. The number of ketones is 2. The zero-order chi connectivity index (χ0) is 18.1. The van der Waals surface area contributed by atoms with Crippen molar-refractivity contribution in [2.45, 2.75) is 5.92 Å². The molecule has 1 atom stereocenters. The second-order valence-electron chi connectivity index (χ2n) is 5.40. The summed E-state index contributed by atoms with van der Waals surface area (Å²) in [6.07, 6.45) is 0. The first-order chi connectivity index (χ1) is 12.0. The number of methoxy groups -OCH3 is 1. The van der Waals surface area contributed by atoms with Gasteiger partial charge in [-0.2, -0.15) is 0 Å². The quantitative estimate of drug-likeness (QED) is 0.443. The Kier molecular flexibility index (Phi) is 4.50. The van der Waals surface area contributed by atoms with E-state index >= 15 is 0 Å². The van der Waals surface area contributed by atoms with Gasteiger partial charge in [-0.3, -0.25) is 19.7 Å². The first kappa shape index (κ1) is 17.0. The van der Waals surface area contributed by atoms with Crippen molar-refractivity contribution < 1.29 is 19.2 Å². The van der Waals surface area contributed by atoms with Crippen LogP contribution in [0.1, 0.15) is 17.0 Å². The van der Waals surface area contributed by atoms with Crippen LogP contribution in [0.5, 0.6) is 5.75 Å². The summed E-state index contributed by atoms with van der Waals surface area (Å²) in [4.78, 5) is 36.0. The molecule has 3 rings (SSSR count). The molecule has 0 amide bonds. The lowest BCUT2D eigenvalue weighted by Gasteiger charge is -2.10. The van der Waals surface area contributed by atoms with Crippen LogP contribution >= 0.6 is 15.9 Å². The monoisotopic (exact) mass is 401 g/mol. The van der Waals surface area contributed by atoms with Crippen molar-refractivity contribution >= 4 is 38.8 Å². The minimum Gasteiger partial charge on any atom is -0.496 e. The SMILES string of the molecule is COc1ccccc1C1=C(Br)C(=O)C(c2cccc([N+](=O)[O-])c2)C1=O. The lowest BCUT2D eigenvalue weighted by molar-refractivity contribution is -0.384. The van der Waals surface area contributed by atoms with Gasteiger partial charge in [0.1, 0.15) is 11.7 Å². The highest BCUT2D eigenvalue weighted by atomic mass is 79.9. The number of Topliss-reactive ketones (excluding diaryl/α,β-unsaturated/α-hetero) is 2. The minimum atomic E-state index is -1.10. The molecule has 1 aliphatic rings. The number of halogens is 1. The Morgan fingerprint density at radius 1 is 1.08 bits per heavy atom. The van der Waals surface area contributed by atoms with E-state index in [9.17, 15) is 19.7 Å². The third-order valence-corrected chi connectivity index (χ3v) is 4.78. The number of ether oxygens (including phenoxy) is 1. The number of non-ortho nitro benzene ring substituents is 1. The van der Waals surface area contributed by atoms with Crippen molar-refractivity contribution in [2.24, 2.45) is 0 Å². The van der Waals surface area contributed by atoms with Gasteiger partial charge in [0.25, 0.3) is 5.69 Å². The number of carbonyl (C=O) groups excluding carboxylic acids is 2. The lowest BCUT2D eigenvalue weighted by atomic mass is 9.91. The van der Waals surface area contributed by atoms with E-state index in [4.69, 9.17) is 4.74 Å². The third-order valence-electron chi connectivity index (χ3n) is 4.00. The van der Waals surface area contributed by atoms with Crippen LogP contribution in [-0.4, -0.2) is 23.6 Å². The van der Waals surface area contributed by atoms with E-state index in [1.807, 2.05) is 0 Å². The number of hydrogen-bond donors (Lipinski definition) is 0. The molecule has 0 heterocycles. The fourth-order valence-electron chi connectivity index (χ4n) is 2.84. The van der Waals surface area contributed by atoms with Gasteiger partial charge in [0.05, 0.1) is 16.5 Å². The second-order valence-corrected chi connectivity index (χ2v) is 6.20. The molecule has 0 fully saturated rings. The number of nitro groups is 1. The van der Waals surface area contributed by atoms with Crippen molar-refractivity contribution in [3.63, 3.8) is 0 Å². The van der Waals surface area contributed by atoms with E-state index in [-0.39, 0.29) is 15.7 Å². The molecule has 0 saturated carbocycles. The number of nitrogens with zero attached hydrogens (tertiary/aromatic N) is 1. The minimum absolute atomic E-state index is 0.151. The van der Waals surface area contributed by atoms with Gasteiger partial charge in [-0.15, -0.1) is 0 Å². The van der Waals surface area contributed by atoms with Gasteiger partial charge in [0, 0.05) is 23.3 Å². The maximum Gasteiger partial charge on any atom is 0.269 e. The van der Waals surface area contributed by atoms with Crippen molar-refractivity contribution in [1.82, 2.24) is 0 Å². The first-order valence-electron chi connectivity index (χ1n) is 7.31. The highest BCUT2D eigenvalue weighted by Gasteiger charge is 2.42. The number of benzene rings is 2. The molecule has 2 aromatic carbocycles. The van der Waals surface area contributed by atoms with Gasteiger partial charge in [-0.1, -0.05) is 30.3 Å². The van der Waals surface area contributed by atoms with E-state index in [1.165, 1.54) is 25.3 Å². The number of hydrogen-bond acceptors (Lipinski definition) is 5. The number of carbonyl (C=O) groups is 2. The number of nitro benzene ring substituents is 1. The van der Waals surface area contributed by atoms with Crippen LogP contribution < -0.4 is 4.74 Å². The molecule has 126 valence electrons. The maximum atomic E-state index is 12.9. The number of allylic oxidation sites excluding steroid dienone is 2. The average molecular weight is 402 g/mol. The second kappa shape index (κ2) is 6.60. The van der Waals surface area contributed by atoms with Crippen molar-refractivity contribution in [3.05, 3.63) is 74.3 Å². The number of rotatable bonds is 4. The standard InChI is InChI=1S/C18H12BrNO5/c1-25-13-8-3-2-7-12(13)15-16(19)18(22)14(17(15)21)10-5-4-6-11(9-10)20(23)24/h2-9,14H,1H3. The summed E-state index contributed by atoms with van der Waals surface area (Å²) in [6, 6.07) is 12.5. The summed E-state index contributed by atoms with van der Waals surface area (Å²) >= 11 is 3.22. The molecule has 1 aliphatic carbocycles. The highest BCUT2D eigenvalue weighted by molar-refractivity contribution is 9.12. The normalized spacial score (nSPS) is 17.1. The Hall–Kier alpha value is -2.80. The molecule has 0 N–H and O–H groups in total. The van der Waals surface area contributed by atoms with Gasteiger partial charge >= 0.3 is 0 Å². The summed E-state index contributed by atoms with van der Waals surface area (Å²) in [7, 11) is 1.48. The summed E-state index contributed by atoms with van der Waals surface area (Å²) < 4.78 is 5.42. The highest BCUT2D eigenvalue weighted by Crippen LogP contribution is 2.43. The van der Waals surface area contributed by atoms with Crippen LogP contribution in [0.3, 0.4) is 0 Å². The fourth-order valence-corrected chi connectivity index (χ4v) is 3.48. The Labute approximate surface area is 151 Å². The fraction of sp³-hybridized carbons (Fsp3) is 0.111. The molecule has 0 radical (unpaired) electrons. The topological polar surface area (TPSA) is 86.5 Å². The van der Waals surface area contributed by atoms with Gasteiger partial charge in [0.2, 0.25) is 0 Å². The molecule has 0 saturated heterocycles. The number of para-hydroxylation sites is 1.